The minimum atomic E-state index is -1.57. The predicted octanol–water partition coefficient (Wildman–Crippen LogP) is 4.92. The number of nitrogens with one attached hydrogen (secondary N) is 1. The third kappa shape index (κ3) is 4.97. The average Bonchev–Trinajstić information content (AvgIpc) is 3.35. The van der Waals surface area contributed by atoms with Crippen molar-refractivity contribution < 1.29 is 18.8 Å². The van der Waals surface area contributed by atoms with Gasteiger partial charge in [-0.2, -0.15) is 0 Å². The molecule has 9 heteroatoms. The molecule has 2 saturated heterocycles. The maximum atomic E-state index is 12.9. The van der Waals surface area contributed by atoms with Gasteiger partial charge < -0.3 is 23.9 Å². The monoisotopic (exact) mass is 483 g/mol. The van der Waals surface area contributed by atoms with Crippen LogP contribution in [-0.2, 0) is 14.0 Å². The molecule has 0 spiro atoms. The summed E-state index contributed by atoms with van der Waals surface area (Å²) in [5.41, 5.74) is 1.67. The number of nitrogens with zero attached hydrogens (tertiary/aromatic N) is 2. The molecular weight excluding hydrogens is 445 g/mol. The molecule has 3 heterocycles. The number of benzene rings is 1. The molecule has 1 unspecified atom stereocenters. The van der Waals surface area contributed by atoms with E-state index in [0.717, 1.165) is 34.8 Å². The first-order valence-corrected chi connectivity index (χ1v) is 15.5. The van der Waals surface area contributed by atoms with Crippen molar-refractivity contribution in [3.8, 4) is 11.3 Å². The van der Waals surface area contributed by atoms with Gasteiger partial charge in [0.25, 0.3) is 0 Å². The Bertz CT molecular complexity index is 1040. The Kier molecular flexibility index (Phi) is 6.06. The van der Waals surface area contributed by atoms with Crippen LogP contribution in [0.15, 0.2) is 30.5 Å². The second kappa shape index (κ2) is 8.24. The summed E-state index contributed by atoms with van der Waals surface area (Å²) in [6.45, 7) is 18.5. The van der Waals surface area contributed by atoms with Crippen molar-refractivity contribution in [3.63, 3.8) is 0 Å². The van der Waals surface area contributed by atoms with Gasteiger partial charge in [0.05, 0.1) is 37.2 Å². The number of ether oxygens (including phenoxy) is 1. The maximum absolute atomic E-state index is 12.9. The van der Waals surface area contributed by atoms with Crippen LogP contribution in [0.25, 0.3) is 11.3 Å². The Labute approximate surface area is 204 Å². The molecular formula is C25H38BN3O4Si. The molecule has 4 rings (SSSR count). The summed E-state index contributed by atoms with van der Waals surface area (Å²) in [6.07, 6.45) is 2.35. The lowest BCUT2D eigenvalue weighted by Gasteiger charge is -2.32. The molecule has 2 aromatic rings. The first-order valence-electron chi connectivity index (χ1n) is 12.1. The third-order valence-corrected chi connectivity index (χ3v) is 9.70. The Morgan fingerprint density at radius 3 is 2.29 bits per heavy atom. The van der Waals surface area contributed by atoms with Crippen LogP contribution in [0.2, 0.25) is 19.1 Å². The van der Waals surface area contributed by atoms with Gasteiger partial charge in [-0.15, -0.1) is 0 Å². The Hall–Kier alpha value is -2.10. The third-order valence-electron chi connectivity index (χ3n) is 7.01. The molecule has 7 nitrogen and oxygen atoms in total. The molecule has 2 aliphatic heterocycles. The zero-order valence-corrected chi connectivity index (χ0v) is 23.0. The summed E-state index contributed by atoms with van der Waals surface area (Å²) < 4.78 is 18.0. The zero-order chi connectivity index (χ0) is 25.1. The van der Waals surface area contributed by atoms with Crippen LogP contribution in [0.5, 0.6) is 0 Å². The van der Waals surface area contributed by atoms with E-state index < -0.39 is 13.7 Å². The van der Waals surface area contributed by atoms with E-state index in [9.17, 15) is 4.79 Å². The highest BCUT2D eigenvalue weighted by molar-refractivity contribution is 6.78. The quantitative estimate of drug-likeness (QED) is 0.628. The summed E-state index contributed by atoms with van der Waals surface area (Å²) in [5, 5.41) is 0. The van der Waals surface area contributed by atoms with Gasteiger partial charge in [-0.3, -0.25) is 0 Å². The zero-order valence-electron chi connectivity index (χ0n) is 22.0. The van der Waals surface area contributed by atoms with Crippen LogP contribution in [0.3, 0.4) is 0 Å². The van der Waals surface area contributed by atoms with Crippen molar-refractivity contribution in [1.29, 1.82) is 0 Å². The number of carbonyl (C=O) groups excluding carboxylic acids is 1. The van der Waals surface area contributed by atoms with E-state index in [-0.39, 0.29) is 30.5 Å². The van der Waals surface area contributed by atoms with Crippen LogP contribution < -0.4 is 5.46 Å². The Morgan fingerprint density at radius 1 is 1.15 bits per heavy atom. The largest absolute Gasteiger partial charge is 0.494 e. The smallest absolute Gasteiger partial charge is 0.444 e. The second-order valence-corrected chi connectivity index (χ2v) is 17.4. The number of hydrogen-bond acceptors (Lipinski definition) is 5. The number of carbonyl (C=O) groups is 1. The van der Waals surface area contributed by atoms with Crippen LogP contribution in [0, 0.1) is 0 Å². The Balaban J connectivity index is 1.52. The van der Waals surface area contributed by atoms with E-state index in [1.54, 1.807) is 0 Å². The molecule has 2 aliphatic rings. The van der Waals surface area contributed by atoms with E-state index in [2.05, 4.69) is 62.9 Å². The van der Waals surface area contributed by atoms with Crippen LogP contribution in [0.4, 0.5) is 4.79 Å². The van der Waals surface area contributed by atoms with Gasteiger partial charge in [0, 0.05) is 6.17 Å². The van der Waals surface area contributed by atoms with Crippen LogP contribution in [-0.4, -0.2) is 59.1 Å². The van der Waals surface area contributed by atoms with E-state index in [0.29, 0.717) is 0 Å². The maximum Gasteiger partial charge on any atom is 0.494 e. The molecule has 184 valence electrons. The number of imidazole rings is 1. The molecule has 0 saturated carbocycles. The molecule has 2 fully saturated rings. The number of amides is 1. The predicted molar refractivity (Wildman–Crippen MR) is 138 cm³/mol. The fourth-order valence-corrected chi connectivity index (χ4v) is 7.34. The highest BCUT2D eigenvalue weighted by Crippen LogP contribution is 2.39. The van der Waals surface area contributed by atoms with E-state index in [1.165, 1.54) is 0 Å². The average molecular weight is 483 g/mol. The lowest BCUT2D eigenvalue weighted by molar-refractivity contribution is 0.00578. The van der Waals surface area contributed by atoms with Gasteiger partial charge in [0.15, 0.2) is 0 Å². The number of H-pyrrole nitrogens is 1. The molecule has 0 bridgehead atoms. The van der Waals surface area contributed by atoms with Gasteiger partial charge in [-0.05, 0) is 65.5 Å². The van der Waals surface area contributed by atoms with Crippen molar-refractivity contribution in [2.75, 3.05) is 6.17 Å². The summed E-state index contributed by atoms with van der Waals surface area (Å²) in [4.78, 5) is 22.9. The fraction of sp³-hybridized carbons (Fsp3) is 0.600. The van der Waals surface area contributed by atoms with E-state index >= 15 is 0 Å². The molecule has 1 N–H and O–H groups in total. The number of aromatic amines is 1. The lowest BCUT2D eigenvalue weighted by Crippen LogP contribution is -2.41. The van der Waals surface area contributed by atoms with Gasteiger partial charge >= 0.3 is 13.2 Å². The summed E-state index contributed by atoms with van der Waals surface area (Å²) in [7, 11) is -1.95. The van der Waals surface area contributed by atoms with Crippen molar-refractivity contribution >= 4 is 26.7 Å². The first kappa shape index (κ1) is 25.0. The molecule has 1 atom stereocenters. The van der Waals surface area contributed by atoms with Gasteiger partial charge in [0.1, 0.15) is 11.4 Å². The molecule has 1 aromatic heterocycles. The molecule has 34 heavy (non-hydrogen) atoms. The summed E-state index contributed by atoms with van der Waals surface area (Å²) >= 11 is 0. The molecule has 0 radical (unpaired) electrons. The van der Waals surface area contributed by atoms with Gasteiger partial charge in [-0.25, -0.2) is 9.78 Å². The van der Waals surface area contributed by atoms with Crippen molar-refractivity contribution in [2.45, 2.75) is 90.4 Å². The van der Waals surface area contributed by atoms with E-state index in [1.807, 2.05) is 44.0 Å². The van der Waals surface area contributed by atoms with Crippen molar-refractivity contribution in [2.24, 2.45) is 0 Å². The number of rotatable bonds is 3. The SMILES string of the molecule is CC(C)(C)OC(=O)N1C[Si](C)(C)CC1c1ncc(-c2ccc(B3OC(C)(C)C(C)(C)O3)cc2)[nH]1. The van der Waals surface area contributed by atoms with E-state index in [4.69, 9.17) is 14.0 Å². The highest BCUT2D eigenvalue weighted by Gasteiger charge is 2.51. The minimum Gasteiger partial charge on any atom is -0.444 e. The molecule has 0 aliphatic carbocycles. The summed E-state index contributed by atoms with van der Waals surface area (Å²) in [6, 6.07) is 9.05. The minimum absolute atomic E-state index is 0.0886. The Morgan fingerprint density at radius 2 is 1.74 bits per heavy atom. The number of hydrogen-bond donors (Lipinski definition) is 1. The molecule has 1 amide bonds. The first-order chi connectivity index (χ1) is 15.6. The van der Waals surface area contributed by atoms with Crippen molar-refractivity contribution in [3.05, 3.63) is 36.3 Å². The standard InChI is InChI=1S/C25H38BN3O4Si/c1-23(2,3)31-22(30)29-16-34(8,9)15-20(29)21-27-14-19(28-21)17-10-12-18(13-11-17)26-32-24(4,5)25(6,7)33-26/h10-14,20H,15-16H2,1-9H3,(H,27,28). The second-order valence-electron chi connectivity index (χ2n) is 12.4. The fourth-order valence-electron chi connectivity index (χ4n) is 4.48. The van der Waals surface area contributed by atoms with Crippen LogP contribution in [0.1, 0.15) is 60.3 Å². The van der Waals surface area contributed by atoms with Crippen molar-refractivity contribution in [1.82, 2.24) is 14.9 Å². The highest BCUT2D eigenvalue weighted by atomic mass is 28.3. The van der Waals surface area contributed by atoms with Crippen LogP contribution >= 0.6 is 0 Å². The normalized spacial score (nSPS) is 23.4. The van der Waals surface area contributed by atoms with Gasteiger partial charge in [-0.1, -0.05) is 37.4 Å². The molecule has 1 aromatic carbocycles. The number of aromatic nitrogens is 2. The lowest BCUT2D eigenvalue weighted by atomic mass is 9.79. The van der Waals surface area contributed by atoms with Gasteiger partial charge in [0.2, 0.25) is 0 Å². The topological polar surface area (TPSA) is 76.7 Å². The summed E-state index contributed by atoms with van der Waals surface area (Å²) in [5.74, 6) is 0.814.